The van der Waals surface area contributed by atoms with Crippen molar-refractivity contribution in [3.8, 4) is 0 Å². The number of hydrogen-bond acceptors (Lipinski definition) is 4. The predicted octanol–water partition coefficient (Wildman–Crippen LogP) is 1.06. The second-order valence-electron chi connectivity index (χ2n) is 2.73. The van der Waals surface area contributed by atoms with E-state index >= 15 is 0 Å². The van der Waals surface area contributed by atoms with Crippen LogP contribution in [0.2, 0.25) is 0 Å². The number of ether oxygens (including phenoxy) is 2. The van der Waals surface area contributed by atoms with Crippen molar-refractivity contribution in [3.05, 3.63) is 11.8 Å². The van der Waals surface area contributed by atoms with E-state index in [0.717, 1.165) is 6.08 Å². The zero-order valence-corrected chi connectivity index (χ0v) is 10.5. The second kappa shape index (κ2) is 8.18. The molecule has 0 saturated heterocycles. The molecule has 0 aromatic rings. The van der Waals surface area contributed by atoms with Crippen LogP contribution in [0.25, 0.3) is 0 Å². The molecule has 0 radical (unpaired) electrons. The Hall–Kier alpha value is -0.156. The summed E-state index contributed by atoms with van der Waals surface area (Å²) in [6, 6.07) is 0. The van der Waals surface area contributed by atoms with Crippen molar-refractivity contribution in [2.75, 3.05) is 14.2 Å². The molecule has 80 valence electrons. The smallest absolute Gasteiger partial charge is 0.187 e. The minimum atomic E-state index is -0.536. The summed E-state index contributed by atoms with van der Waals surface area (Å²) in [5.41, 5.74) is 0. The van der Waals surface area contributed by atoms with Crippen LogP contribution in [0.1, 0.15) is 13.8 Å². The van der Waals surface area contributed by atoms with Crippen molar-refractivity contribution in [2.45, 2.75) is 26.1 Å². The van der Waals surface area contributed by atoms with E-state index < -0.39 is 12.2 Å². The summed E-state index contributed by atoms with van der Waals surface area (Å²) < 4.78 is 9.60. The molecule has 0 aliphatic carbocycles. The van der Waals surface area contributed by atoms with Crippen LogP contribution in [0, 0.1) is 0 Å². The zero-order valence-electron chi connectivity index (χ0n) is 8.90. The van der Waals surface area contributed by atoms with Gasteiger partial charge in [-0.05, 0) is 13.8 Å². The Bertz CT molecular complexity index is 203. The van der Waals surface area contributed by atoms with Gasteiger partial charge >= 0.3 is 0 Å². The van der Waals surface area contributed by atoms with E-state index in [2.05, 4.69) is 0 Å². The maximum absolute atomic E-state index is 11.2. The van der Waals surface area contributed by atoms with Crippen LogP contribution in [0.15, 0.2) is 11.8 Å². The van der Waals surface area contributed by atoms with Gasteiger partial charge in [0.05, 0.1) is 0 Å². The van der Waals surface area contributed by atoms with Gasteiger partial charge in [-0.3, -0.25) is 4.79 Å². The molecular formula is C9H16O4Ti. The molecule has 0 heterocycles. The zero-order chi connectivity index (χ0) is 10.4. The van der Waals surface area contributed by atoms with Gasteiger partial charge in [-0.15, -0.1) is 0 Å². The van der Waals surface area contributed by atoms with E-state index in [1.54, 1.807) is 13.8 Å². The van der Waals surface area contributed by atoms with Crippen molar-refractivity contribution in [1.82, 2.24) is 0 Å². The van der Waals surface area contributed by atoms with Crippen LogP contribution in [-0.2, 0) is 36.0 Å². The maximum Gasteiger partial charge on any atom is 0.187 e. The van der Waals surface area contributed by atoms with Gasteiger partial charge in [0.15, 0.2) is 5.78 Å². The minimum Gasteiger partial charge on any atom is -0.509 e. The Morgan fingerprint density at radius 1 is 1.21 bits per heavy atom. The molecule has 5 heteroatoms. The summed E-state index contributed by atoms with van der Waals surface area (Å²) in [6.45, 7) is 3.26. The van der Waals surface area contributed by atoms with Crippen LogP contribution in [0.4, 0.5) is 0 Å². The van der Waals surface area contributed by atoms with Crippen molar-refractivity contribution in [2.24, 2.45) is 0 Å². The summed E-state index contributed by atoms with van der Waals surface area (Å²) in [5.74, 6) is -0.361. The average molecular weight is 236 g/mol. The summed E-state index contributed by atoms with van der Waals surface area (Å²) in [6.07, 6.45) is 0.127. The molecule has 0 aliphatic heterocycles. The molecular weight excluding hydrogens is 220 g/mol. The molecule has 14 heavy (non-hydrogen) atoms. The number of methoxy groups -OCH3 is 2. The summed E-state index contributed by atoms with van der Waals surface area (Å²) >= 11 is 0. The molecule has 0 bridgehead atoms. The molecule has 2 unspecified atom stereocenters. The fourth-order valence-corrected chi connectivity index (χ4v) is 0.617. The second-order valence-corrected chi connectivity index (χ2v) is 2.73. The first-order valence-electron chi connectivity index (χ1n) is 4.03. The van der Waals surface area contributed by atoms with Gasteiger partial charge in [0.1, 0.15) is 18.0 Å². The molecule has 1 N–H and O–H groups in total. The molecule has 0 rings (SSSR count). The Balaban J connectivity index is 0. The number of aliphatic hydroxyl groups is 1. The van der Waals surface area contributed by atoms with Gasteiger partial charge in [-0.25, -0.2) is 0 Å². The van der Waals surface area contributed by atoms with Gasteiger partial charge in [-0.1, -0.05) is 0 Å². The molecule has 2 atom stereocenters. The Morgan fingerprint density at radius 2 is 1.64 bits per heavy atom. The summed E-state index contributed by atoms with van der Waals surface area (Å²) in [7, 11) is 2.89. The minimum absolute atomic E-state index is 0. The number of hydrogen-bond donors (Lipinski definition) is 1. The Kier molecular flexibility index (Phi) is 9.51. The van der Waals surface area contributed by atoms with E-state index in [4.69, 9.17) is 9.47 Å². The van der Waals surface area contributed by atoms with Crippen LogP contribution in [-0.4, -0.2) is 37.3 Å². The number of aliphatic hydroxyl groups excluding tert-OH is 1. The van der Waals surface area contributed by atoms with Gasteiger partial charge in [-0.2, -0.15) is 0 Å². The molecule has 0 spiro atoms. The van der Waals surface area contributed by atoms with E-state index in [1.807, 2.05) is 0 Å². The standard InChI is InChI=1S/C9H16O4.Ti/c1-6(12-3)8(10)5-9(11)7(2)13-4;/h5-7,10H,1-4H3;/b8-5-;. The van der Waals surface area contributed by atoms with Gasteiger partial charge in [0.2, 0.25) is 0 Å². The molecule has 0 saturated carbocycles. The van der Waals surface area contributed by atoms with Crippen molar-refractivity contribution in [1.29, 1.82) is 0 Å². The summed E-state index contributed by atoms with van der Waals surface area (Å²) in [4.78, 5) is 11.2. The largest absolute Gasteiger partial charge is 0.509 e. The predicted molar refractivity (Wildman–Crippen MR) is 48.7 cm³/mol. The van der Waals surface area contributed by atoms with E-state index in [-0.39, 0.29) is 33.3 Å². The molecule has 0 fully saturated rings. The Labute approximate surface area is 99.2 Å². The number of carbonyl (C=O) groups is 1. The van der Waals surface area contributed by atoms with E-state index in [9.17, 15) is 9.90 Å². The normalized spacial score (nSPS) is 15.6. The maximum atomic E-state index is 11.2. The van der Waals surface area contributed by atoms with Crippen LogP contribution in [0.5, 0.6) is 0 Å². The number of ketones is 1. The van der Waals surface area contributed by atoms with Crippen LogP contribution >= 0.6 is 0 Å². The van der Waals surface area contributed by atoms with Gasteiger partial charge in [0.25, 0.3) is 0 Å². The van der Waals surface area contributed by atoms with Gasteiger partial charge in [0, 0.05) is 42.0 Å². The fraction of sp³-hybridized carbons (Fsp3) is 0.667. The van der Waals surface area contributed by atoms with Crippen molar-refractivity contribution in [3.63, 3.8) is 0 Å². The van der Waals surface area contributed by atoms with Crippen molar-refractivity contribution >= 4 is 5.78 Å². The molecule has 0 aromatic carbocycles. The van der Waals surface area contributed by atoms with Gasteiger partial charge < -0.3 is 14.6 Å². The van der Waals surface area contributed by atoms with Crippen molar-refractivity contribution < 1.29 is 41.1 Å². The number of rotatable bonds is 5. The third-order valence-corrected chi connectivity index (χ3v) is 1.81. The molecule has 4 nitrogen and oxygen atoms in total. The topological polar surface area (TPSA) is 55.8 Å². The van der Waals surface area contributed by atoms with E-state index in [0.29, 0.717) is 0 Å². The first kappa shape index (κ1) is 16.3. The first-order valence-corrected chi connectivity index (χ1v) is 4.03. The Morgan fingerprint density at radius 3 is 2.00 bits per heavy atom. The van der Waals surface area contributed by atoms with Crippen LogP contribution < -0.4 is 0 Å². The number of carbonyl (C=O) groups excluding carboxylic acids is 1. The fourth-order valence-electron chi connectivity index (χ4n) is 0.617. The average Bonchev–Trinajstić information content (AvgIpc) is 2.14. The monoisotopic (exact) mass is 236 g/mol. The molecule has 0 aromatic heterocycles. The molecule has 0 amide bonds. The third kappa shape index (κ3) is 5.55. The summed E-state index contributed by atoms with van der Waals surface area (Å²) in [5, 5.41) is 9.29. The SMILES string of the molecule is COC(C)C(=O)/C=C(\O)C(C)OC.[Ti]. The third-order valence-electron chi connectivity index (χ3n) is 1.81. The molecule has 0 aliphatic rings. The van der Waals surface area contributed by atoms with E-state index in [1.165, 1.54) is 14.2 Å². The van der Waals surface area contributed by atoms with Crippen LogP contribution in [0.3, 0.4) is 0 Å². The quantitative estimate of drug-likeness (QED) is 0.440. The first-order chi connectivity index (χ1) is 6.02.